The van der Waals surface area contributed by atoms with E-state index in [9.17, 15) is 4.79 Å². The maximum absolute atomic E-state index is 12.7. The minimum Gasteiger partial charge on any atom is -0.348 e. The number of hydrogen-bond acceptors (Lipinski definition) is 4. The number of hydrazine groups is 1. The highest BCUT2D eigenvalue weighted by atomic mass is 79.9. The molecular weight excluding hydrogens is 356 g/mol. The molecule has 1 heterocycles. The van der Waals surface area contributed by atoms with Crippen molar-refractivity contribution in [2.75, 3.05) is 6.54 Å². The van der Waals surface area contributed by atoms with Crippen LogP contribution in [0.25, 0.3) is 0 Å². The second-order valence-corrected chi connectivity index (χ2v) is 8.01. The Morgan fingerprint density at radius 1 is 1.35 bits per heavy atom. The van der Waals surface area contributed by atoms with Gasteiger partial charge in [0.25, 0.3) is 0 Å². The van der Waals surface area contributed by atoms with Gasteiger partial charge in [-0.05, 0) is 24.8 Å². The third-order valence-corrected chi connectivity index (χ3v) is 5.26. The molecule has 0 aromatic heterocycles. The van der Waals surface area contributed by atoms with E-state index in [2.05, 4.69) is 58.1 Å². The predicted molar refractivity (Wildman–Crippen MR) is 97.0 cm³/mol. The lowest BCUT2D eigenvalue weighted by Gasteiger charge is -2.32. The van der Waals surface area contributed by atoms with Crippen molar-refractivity contribution in [1.82, 2.24) is 16.2 Å². The third-order valence-electron chi connectivity index (χ3n) is 4.21. The first-order chi connectivity index (χ1) is 10.9. The zero-order valence-electron chi connectivity index (χ0n) is 14.0. The monoisotopic (exact) mass is 382 g/mol. The lowest BCUT2D eigenvalue weighted by atomic mass is 9.90. The van der Waals surface area contributed by atoms with Crippen molar-refractivity contribution >= 4 is 21.8 Å². The molecule has 1 amide bonds. The van der Waals surface area contributed by atoms with Crippen LogP contribution in [0.1, 0.15) is 38.8 Å². The average Bonchev–Trinajstić information content (AvgIpc) is 2.89. The number of hydrogen-bond donors (Lipinski definition) is 4. The molecule has 2 rings (SSSR count). The summed E-state index contributed by atoms with van der Waals surface area (Å²) in [5, 5.41) is 3.12. The van der Waals surface area contributed by atoms with Gasteiger partial charge < -0.3 is 11.1 Å². The van der Waals surface area contributed by atoms with Gasteiger partial charge in [0.05, 0.1) is 10.9 Å². The third kappa shape index (κ3) is 4.53. The van der Waals surface area contributed by atoms with Crippen molar-refractivity contribution < 1.29 is 4.79 Å². The second kappa shape index (κ2) is 7.75. The maximum Gasteiger partial charge on any atom is 0.240 e. The van der Waals surface area contributed by atoms with Gasteiger partial charge in [-0.1, -0.05) is 60.1 Å². The van der Waals surface area contributed by atoms with E-state index in [0.29, 0.717) is 12.5 Å². The molecular formula is C17H27BrN4O. The van der Waals surface area contributed by atoms with Crippen LogP contribution in [0, 0.1) is 5.92 Å². The topological polar surface area (TPSA) is 79.2 Å². The Balaban J connectivity index is 2.03. The second-order valence-electron chi connectivity index (χ2n) is 6.95. The molecule has 1 aliphatic heterocycles. The normalized spacial score (nSPS) is 27.0. The van der Waals surface area contributed by atoms with E-state index in [0.717, 1.165) is 12.0 Å². The van der Waals surface area contributed by atoms with Gasteiger partial charge in [0.15, 0.2) is 0 Å². The molecule has 1 fully saturated rings. The van der Waals surface area contributed by atoms with Crippen LogP contribution in [0.3, 0.4) is 0 Å². The summed E-state index contributed by atoms with van der Waals surface area (Å²) in [6.07, 6.45) is 0.852. The summed E-state index contributed by atoms with van der Waals surface area (Å²) in [6.45, 7) is 6.69. The molecule has 6 heteroatoms. The van der Waals surface area contributed by atoms with Gasteiger partial charge in [-0.25, -0.2) is 10.9 Å². The number of halogens is 1. The van der Waals surface area contributed by atoms with E-state index in [1.807, 2.05) is 25.1 Å². The van der Waals surface area contributed by atoms with Gasteiger partial charge in [-0.3, -0.25) is 4.79 Å². The van der Waals surface area contributed by atoms with Crippen LogP contribution in [-0.2, 0) is 4.79 Å². The Bertz CT molecular complexity index is 525. The summed E-state index contributed by atoms with van der Waals surface area (Å²) in [5.41, 5.74) is 13.0. The number of alkyl halides is 1. The number of rotatable bonds is 6. The van der Waals surface area contributed by atoms with Gasteiger partial charge >= 0.3 is 0 Å². The van der Waals surface area contributed by atoms with E-state index in [4.69, 9.17) is 5.73 Å². The summed E-state index contributed by atoms with van der Waals surface area (Å²) in [7, 11) is 0. The molecule has 0 spiro atoms. The molecule has 5 N–H and O–H groups in total. The lowest BCUT2D eigenvalue weighted by molar-refractivity contribution is -0.124. The van der Waals surface area contributed by atoms with Crippen LogP contribution in [0.2, 0.25) is 0 Å². The molecule has 4 unspecified atom stereocenters. The van der Waals surface area contributed by atoms with Gasteiger partial charge in [0.1, 0.15) is 6.04 Å². The quantitative estimate of drug-likeness (QED) is 0.566. The minimum atomic E-state index is -0.384. The van der Waals surface area contributed by atoms with E-state index >= 15 is 0 Å². The Morgan fingerprint density at radius 2 is 2.00 bits per heavy atom. The molecule has 0 aliphatic carbocycles. The molecule has 1 aromatic carbocycles. The number of benzene rings is 1. The molecule has 1 aliphatic rings. The first kappa shape index (κ1) is 18.4. The SMILES string of the molecule is CC(C)CC(C)(CN)NC(=O)C1NNC(c2ccccc2)C1Br. The molecule has 1 aromatic rings. The maximum atomic E-state index is 12.7. The van der Waals surface area contributed by atoms with Crippen molar-refractivity contribution in [3.63, 3.8) is 0 Å². The lowest BCUT2D eigenvalue weighted by Crippen LogP contribution is -2.57. The van der Waals surface area contributed by atoms with Crippen LogP contribution >= 0.6 is 15.9 Å². The molecule has 128 valence electrons. The summed E-state index contributed by atoms with van der Waals surface area (Å²) < 4.78 is 0. The summed E-state index contributed by atoms with van der Waals surface area (Å²) in [4.78, 5) is 12.7. The molecule has 23 heavy (non-hydrogen) atoms. The van der Waals surface area contributed by atoms with Crippen molar-refractivity contribution in [3.8, 4) is 0 Å². The van der Waals surface area contributed by atoms with Crippen molar-refractivity contribution in [1.29, 1.82) is 0 Å². The van der Waals surface area contributed by atoms with Crippen molar-refractivity contribution in [2.45, 2.75) is 49.6 Å². The number of nitrogens with two attached hydrogens (primary N) is 1. The van der Waals surface area contributed by atoms with E-state index in [1.54, 1.807) is 0 Å². The van der Waals surface area contributed by atoms with E-state index < -0.39 is 0 Å². The predicted octanol–water partition coefficient (Wildman–Crippen LogP) is 1.85. The zero-order valence-corrected chi connectivity index (χ0v) is 15.6. The van der Waals surface area contributed by atoms with Gasteiger partial charge in [0, 0.05) is 12.1 Å². The molecule has 1 saturated heterocycles. The Labute approximate surface area is 146 Å². The fourth-order valence-corrected chi connectivity index (χ4v) is 3.94. The number of amides is 1. The highest BCUT2D eigenvalue weighted by Gasteiger charge is 2.41. The molecule has 0 bridgehead atoms. The Morgan fingerprint density at radius 3 is 2.57 bits per heavy atom. The summed E-state index contributed by atoms with van der Waals surface area (Å²) >= 11 is 3.67. The largest absolute Gasteiger partial charge is 0.348 e. The first-order valence-electron chi connectivity index (χ1n) is 8.08. The van der Waals surface area contributed by atoms with Gasteiger partial charge in [-0.2, -0.15) is 0 Å². The summed E-state index contributed by atoms with van der Waals surface area (Å²) in [5.74, 6) is 0.432. The van der Waals surface area contributed by atoms with Crippen LogP contribution in [0.4, 0.5) is 0 Å². The van der Waals surface area contributed by atoms with Crippen LogP contribution in [0.5, 0.6) is 0 Å². The van der Waals surface area contributed by atoms with Gasteiger partial charge in [0.2, 0.25) is 5.91 Å². The van der Waals surface area contributed by atoms with Crippen molar-refractivity contribution in [2.24, 2.45) is 11.7 Å². The molecule has 0 radical (unpaired) electrons. The van der Waals surface area contributed by atoms with Crippen molar-refractivity contribution in [3.05, 3.63) is 35.9 Å². The number of carbonyl (C=O) groups excluding carboxylic acids is 1. The van der Waals surface area contributed by atoms with E-state index in [-0.39, 0.29) is 28.4 Å². The highest BCUT2D eigenvalue weighted by Crippen LogP contribution is 2.29. The fraction of sp³-hybridized carbons (Fsp3) is 0.588. The smallest absolute Gasteiger partial charge is 0.240 e. The van der Waals surface area contributed by atoms with Crippen LogP contribution < -0.4 is 21.9 Å². The van der Waals surface area contributed by atoms with Crippen LogP contribution in [-0.4, -0.2) is 28.9 Å². The molecule has 4 atom stereocenters. The summed E-state index contributed by atoms with van der Waals surface area (Å²) in [6, 6.07) is 9.78. The average molecular weight is 383 g/mol. The number of carbonyl (C=O) groups is 1. The minimum absolute atomic E-state index is 0.0357. The first-order valence-corrected chi connectivity index (χ1v) is 9.00. The molecule has 5 nitrogen and oxygen atoms in total. The Kier molecular flexibility index (Phi) is 6.19. The van der Waals surface area contributed by atoms with Gasteiger partial charge in [-0.15, -0.1) is 0 Å². The molecule has 0 saturated carbocycles. The standard InChI is InChI=1S/C17H27BrN4O/c1-11(2)9-17(3,10-19)20-16(23)15-13(18)14(21-22-15)12-7-5-4-6-8-12/h4-8,11,13-15,21-22H,9-10,19H2,1-3H3,(H,20,23). The highest BCUT2D eigenvalue weighted by molar-refractivity contribution is 9.09. The fourth-order valence-electron chi connectivity index (χ4n) is 3.13. The number of nitrogens with one attached hydrogen (secondary N) is 3. The van der Waals surface area contributed by atoms with E-state index in [1.165, 1.54) is 0 Å². The zero-order chi connectivity index (χ0) is 17.0. The van der Waals surface area contributed by atoms with Crippen LogP contribution in [0.15, 0.2) is 30.3 Å². The Hall–Kier alpha value is -0.950.